The van der Waals surface area contributed by atoms with Gasteiger partial charge in [-0.25, -0.2) is 0 Å². The number of aryl methyl sites for hydroxylation is 2. The minimum atomic E-state index is -1.38. The normalized spacial score (nSPS) is 26.8. The van der Waals surface area contributed by atoms with Crippen molar-refractivity contribution in [2.24, 2.45) is 11.8 Å². The summed E-state index contributed by atoms with van der Waals surface area (Å²) < 4.78 is 12.5. The average Bonchev–Trinajstić information content (AvgIpc) is 3.67. The van der Waals surface area contributed by atoms with E-state index in [-0.39, 0.29) is 36.2 Å². The van der Waals surface area contributed by atoms with Crippen molar-refractivity contribution in [1.29, 1.82) is 0 Å². The van der Waals surface area contributed by atoms with E-state index in [1.54, 1.807) is 36.1 Å². The van der Waals surface area contributed by atoms with Crippen molar-refractivity contribution in [2.75, 3.05) is 24.6 Å². The highest BCUT2D eigenvalue weighted by atomic mass is 79.9. The summed E-state index contributed by atoms with van der Waals surface area (Å²) in [4.78, 5) is 58.6. The molecule has 0 aromatic heterocycles. The SMILES string of the molecule is C=CCCC(=O)NC[C@H](C)OC(=O)[C@H]1[C@@H]2O[C@@]3(CC2Br)[C@@H]1C(=O)N([C@H](CO)c1ccccc1)[C@@H]3C(=O)N(CC=C)c1cc(C)ccc1C. The van der Waals surface area contributed by atoms with Crippen LogP contribution in [-0.2, 0) is 28.7 Å². The van der Waals surface area contributed by atoms with E-state index in [0.29, 0.717) is 24.1 Å². The van der Waals surface area contributed by atoms with Crippen LogP contribution in [0.25, 0.3) is 0 Å². The number of likely N-dealkylation sites (tertiary alicyclic amines) is 1. The number of nitrogens with zero attached hydrogens (tertiary/aromatic N) is 2. The molecule has 5 rings (SSSR count). The van der Waals surface area contributed by atoms with Crippen LogP contribution < -0.4 is 10.2 Å². The van der Waals surface area contributed by atoms with Gasteiger partial charge in [0.1, 0.15) is 17.7 Å². The number of aliphatic hydroxyl groups excluding tert-OH is 1. The van der Waals surface area contributed by atoms with Crippen LogP contribution >= 0.6 is 15.9 Å². The Kier molecular flexibility index (Phi) is 10.9. The topological polar surface area (TPSA) is 125 Å². The zero-order valence-corrected chi connectivity index (χ0v) is 29.2. The smallest absolute Gasteiger partial charge is 0.312 e. The maximum atomic E-state index is 15.1. The molecule has 0 saturated carbocycles. The van der Waals surface area contributed by atoms with Gasteiger partial charge < -0.3 is 29.7 Å². The van der Waals surface area contributed by atoms with Crippen LogP contribution in [0.15, 0.2) is 73.8 Å². The zero-order valence-electron chi connectivity index (χ0n) is 27.6. The minimum absolute atomic E-state index is 0.0989. The number of amides is 3. The number of carbonyl (C=O) groups is 4. The van der Waals surface area contributed by atoms with E-state index in [9.17, 15) is 19.5 Å². The Balaban J connectivity index is 1.55. The van der Waals surface area contributed by atoms with Crippen LogP contribution in [0.5, 0.6) is 0 Å². The summed E-state index contributed by atoms with van der Waals surface area (Å²) in [6, 6.07) is 12.8. The number of carbonyl (C=O) groups excluding carboxylic acids is 4. The summed E-state index contributed by atoms with van der Waals surface area (Å²) in [5, 5.41) is 13.6. The number of nitrogens with one attached hydrogen (secondary N) is 1. The number of alkyl halides is 1. The highest BCUT2D eigenvalue weighted by Gasteiger charge is 2.77. The van der Waals surface area contributed by atoms with Crippen LogP contribution in [0.4, 0.5) is 5.69 Å². The first-order chi connectivity index (χ1) is 23.0. The minimum Gasteiger partial charge on any atom is -0.460 e. The van der Waals surface area contributed by atoms with E-state index < -0.39 is 60.2 Å². The Morgan fingerprint density at radius 3 is 2.58 bits per heavy atom. The number of anilines is 1. The summed E-state index contributed by atoms with van der Waals surface area (Å²) in [5.74, 6) is -3.72. The maximum absolute atomic E-state index is 15.1. The first-order valence-electron chi connectivity index (χ1n) is 16.4. The fourth-order valence-electron chi connectivity index (χ4n) is 7.47. The lowest BCUT2D eigenvalue weighted by Crippen LogP contribution is -2.57. The third-order valence-electron chi connectivity index (χ3n) is 9.64. The van der Waals surface area contributed by atoms with Gasteiger partial charge in [-0.1, -0.05) is 70.5 Å². The van der Waals surface area contributed by atoms with Gasteiger partial charge in [0.25, 0.3) is 5.91 Å². The highest BCUT2D eigenvalue weighted by molar-refractivity contribution is 9.09. The Labute approximate surface area is 290 Å². The number of hydrogen-bond donors (Lipinski definition) is 2. The number of aliphatic hydroxyl groups is 1. The number of esters is 1. The van der Waals surface area contributed by atoms with Crippen LogP contribution in [-0.4, -0.2) is 82.1 Å². The lowest BCUT2D eigenvalue weighted by molar-refractivity contribution is -0.159. The molecule has 2 bridgehead atoms. The van der Waals surface area contributed by atoms with Gasteiger partial charge in [0, 0.05) is 23.5 Å². The number of rotatable bonds is 14. The number of fused-ring (bicyclic) bond motifs is 1. The van der Waals surface area contributed by atoms with Crippen molar-refractivity contribution in [3.63, 3.8) is 0 Å². The van der Waals surface area contributed by atoms with Crippen LogP contribution in [0.2, 0.25) is 0 Å². The number of allylic oxidation sites excluding steroid dienone is 1. The molecule has 10 nitrogen and oxygen atoms in total. The van der Waals surface area contributed by atoms with E-state index in [1.165, 1.54) is 4.90 Å². The Morgan fingerprint density at radius 2 is 1.92 bits per heavy atom. The molecule has 0 radical (unpaired) electrons. The van der Waals surface area contributed by atoms with Gasteiger partial charge in [0.2, 0.25) is 11.8 Å². The number of ether oxygens (including phenoxy) is 2. The molecule has 1 unspecified atom stereocenters. The van der Waals surface area contributed by atoms with E-state index in [2.05, 4.69) is 34.4 Å². The molecule has 256 valence electrons. The molecule has 8 atom stereocenters. The predicted molar refractivity (Wildman–Crippen MR) is 185 cm³/mol. The molecule has 3 amide bonds. The molecule has 3 aliphatic rings. The summed E-state index contributed by atoms with van der Waals surface area (Å²) in [5.41, 5.74) is 1.77. The Bertz CT molecular complexity index is 1570. The lowest BCUT2D eigenvalue weighted by atomic mass is 9.70. The molecule has 3 fully saturated rings. The van der Waals surface area contributed by atoms with Crippen molar-refractivity contribution >= 4 is 45.3 Å². The third-order valence-corrected chi connectivity index (χ3v) is 10.5. The van der Waals surface area contributed by atoms with Gasteiger partial charge in [0.15, 0.2) is 0 Å². The highest BCUT2D eigenvalue weighted by Crippen LogP contribution is 2.61. The molecule has 1 spiro atoms. The molecule has 3 aliphatic heterocycles. The molecule has 3 heterocycles. The Hall–Kier alpha value is -3.80. The van der Waals surface area contributed by atoms with Gasteiger partial charge in [-0.2, -0.15) is 0 Å². The van der Waals surface area contributed by atoms with Crippen LogP contribution in [0.1, 0.15) is 48.9 Å². The molecule has 0 aliphatic carbocycles. The first-order valence-corrected chi connectivity index (χ1v) is 17.3. The molecule has 2 aromatic carbocycles. The van der Waals surface area contributed by atoms with E-state index in [4.69, 9.17) is 9.47 Å². The zero-order chi connectivity index (χ0) is 34.7. The third kappa shape index (κ3) is 6.47. The maximum Gasteiger partial charge on any atom is 0.312 e. The van der Waals surface area contributed by atoms with Gasteiger partial charge in [-0.15, -0.1) is 13.2 Å². The molecule has 48 heavy (non-hydrogen) atoms. The fraction of sp³-hybridized carbons (Fsp3) is 0.459. The second-order valence-electron chi connectivity index (χ2n) is 12.9. The van der Waals surface area contributed by atoms with Crippen molar-refractivity contribution in [3.05, 3.63) is 90.5 Å². The standard InChI is InChI=1S/C37H44BrN3O7/c1-6-8-14-29(43)39-20-24(5)47-36(46)30-31-34(44)41(28(21-42)25-12-10-9-11-13-25)33(37(31)19-26(38)32(30)48-37)35(45)40(17-7-2)27-18-22(3)15-16-23(27)4/h6-7,9-13,15-16,18,24,26,28,30-33,42H,1-2,8,14,17,19-21H2,3-5H3,(H,39,43)/t24-,26?,28+,30+,31-,32+,33+,37-/m0/s1. The van der Waals surface area contributed by atoms with Gasteiger partial charge in [0.05, 0.1) is 37.1 Å². The largest absolute Gasteiger partial charge is 0.460 e. The number of halogens is 1. The monoisotopic (exact) mass is 721 g/mol. The van der Waals surface area contributed by atoms with Crippen molar-refractivity contribution in [2.45, 2.75) is 74.8 Å². The predicted octanol–water partition coefficient (Wildman–Crippen LogP) is 4.32. The summed E-state index contributed by atoms with van der Waals surface area (Å²) >= 11 is 3.71. The van der Waals surface area contributed by atoms with E-state index in [0.717, 1.165) is 11.1 Å². The van der Waals surface area contributed by atoms with Gasteiger partial charge >= 0.3 is 5.97 Å². The first kappa shape index (κ1) is 35.5. The van der Waals surface area contributed by atoms with E-state index in [1.807, 2.05) is 50.2 Å². The fourth-order valence-corrected chi connectivity index (χ4v) is 8.42. The molecular weight excluding hydrogens is 678 g/mol. The second-order valence-corrected chi connectivity index (χ2v) is 14.1. The van der Waals surface area contributed by atoms with Crippen molar-refractivity contribution in [1.82, 2.24) is 10.2 Å². The number of benzene rings is 2. The average molecular weight is 723 g/mol. The lowest BCUT2D eigenvalue weighted by Gasteiger charge is -2.39. The van der Waals surface area contributed by atoms with Crippen LogP contribution in [0.3, 0.4) is 0 Å². The van der Waals surface area contributed by atoms with Crippen LogP contribution in [0, 0.1) is 25.7 Å². The summed E-state index contributed by atoms with van der Waals surface area (Å²) in [6.45, 7) is 12.9. The summed E-state index contributed by atoms with van der Waals surface area (Å²) in [6.07, 6.45) is 2.98. The quantitative estimate of drug-likeness (QED) is 0.169. The molecular formula is C37H44BrN3O7. The van der Waals surface area contributed by atoms with Gasteiger partial charge in [-0.05, 0) is 56.4 Å². The van der Waals surface area contributed by atoms with E-state index >= 15 is 4.79 Å². The Morgan fingerprint density at radius 1 is 1.19 bits per heavy atom. The molecule has 11 heteroatoms. The molecule has 2 N–H and O–H groups in total. The molecule has 3 saturated heterocycles. The van der Waals surface area contributed by atoms with Crippen molar-refractivity contribution in [3.8, 4) is 0 Å². The second kappa shape index (κ2) is 14.8. The number of hydrogen-bond acceptors (Lipinski definition) is 7. The molecule has 2 aromatic rings. The summed E-state index contributed by atoms with van der Waals surface area (Å²) in [7, 11) is 0. The van der Waals surface area contributed by atoms with Crippen molar-refractivity contribution < 1.29 is 33.8 Å². The van der Waals surface area contributed by atoms with Gasteiger partial charge in [-0.3, -0.25) is 19.2 Å².